The third-order valence-electron chi connectivity index (χ3n) is 6.52. The van der Waals surface area contributed by atoms with Gasteiger partial charge in [-0.25, -0.2) is 27.3 Å². The molecule has 1 aliphatic heterocycles. The van der Waals surface area contributed by atoms with Gasteiger partial charge in [0.1, 0.15) is 5.82 Å². The van der Waals surface area contributed by atoms with Gasteiger partial charge in [-0.15, -0.1) is 0 Å². The van der Waals surface area contributed by atoms with Crippen LogP contribution in [0.1, 0.15) is 36.9 Å². The molecule has 0 spiro atoms. The fourth-order valence-corrected chi connectivity index (χ4v) is 5.13. The molecule has 1 saturated heterocycles. The lowest BCUT2D eigenvalue weighted by atomic mass is 9.94. The molecule has 8 nitrogen and oxygen atoms in total. The summed E-state index contributed by atoms with van der Waals surface area (Å²) in [5, 5.41) is 7.64. The summed E-state index contributed by atoms with van der Waals surface area (Å²) in [6.45, 7) is 3.81. The van der Waals surface area contributed by atoms with E-state index in [0.717, 1.165) is 67.4 Å². The SMILES string of the molecule is CCc1cnc(N2CCC(c3ccc4c(Nc5ccc(S(C)(=O)=O)cc5F)ccnn34)CC2)nc1. The van der Waals surface area contributed by atoms with E-state index in [2.05, 4.69) is 38.3 Å². The number of hydrogen-bond donors (Lipinski definition) is 1. The number of aryl methyl sites for hydroxylation is 1. The highest BCUT2D eigenvalue weighted by molar-refractivity contribution is 7.90. The van der Waals surface area contributed by atoms with Crippen LogP contribution in [0.4, 0.5) is 21.7 Å². The maximum Gasteiger partial charge on any atom is 0.225 e. The summed E-state index contributed by atoms with van der Waals surface area (Å²) in [5.41, 5.74) is 3.97. The molecule has 5 rings (SSSR count). The van der Waals surface area contributed by atoms with Crippen molar-refractivity contribution in [1.29, 1.82) is 0 Å². The zero-order chi connectivity index (χ0) is 24.6. The molecule has 182 valence electrons. The molecule has 1 N–H and O–H groups in total. The van der Waals surface area contributed by atoms with E-state index in [1.807, 2.05) is 23.0 Å². The van der Waals surface area contributed by atoms with Crippen LogP contribution in [0.2, 0.25) is 0 Å². The van der Waals surface area contributed by atoms with E-state index in [9.17, 15) is 12.8 Å². The second-order valence-corrected chi connectivity index (χ2v) is 10.9. The summed E-state index contributed by atoms with van der Waals surface area (Å²) in [5.74, 6) is 0.475. The van der Waals surface area contributed by atoms with Gasteiger partial charge in [0.2, 0.25) is 5.95 Å². The number of halogens is 1. The standard InChI is InChI=1S/C25H27FN6O2S/c1-3-17-15-27-25(28-16-17)31-12-9-18(10-13-31)23-6-7-24-22(8-11-29-32(23)24)30-21-5-4-19(14-20(21)26)35(2,33)34/h4-8,11,14-16,18,30H,3,9-10,12-13H2,1-2H3. The van der Waals surface area contributed by atoms with Crippen molar-refractivity contribution in [3.63, 3.8) is 0 Å². The average molecular weight is 495 g/mol. The highest BCUT2D eigenvalue weighted by Gasteiger charge is 2.25. The Balaban J connectivity index is 1.34. The van der Waals surface area contributed by atoms with Crippen molar-refractivity contribution in [1.82, 2.24) is 19.6 Å². The number of sulfone groups is 1. The van der Waals surface area contributed by atoms with Crippen LogP contribution in [-0.4, -0.2) is 47.3 Å². The number of aromatic nitrogens is 4. The fourth-order valence-electron chi connectivity index (χ4n) is 4.49. The molecule has 0 unspecified atom stereocenters. The quantitative estimate of drug-likeness (QED) is 0.426. The minimum Gasteiger partial charge on any atom is -0.351 e. The Morgan fingerprint density at radius 1 is 1.06 bits per heavy atom. The Labute approximate surface area is 203 Å². The highest BCUT2D eigenvalue weighted by Crippen LogP contribution is 2.33. The van der Waals surface area contributed by atoms with Crippen LogP contribution < -0.4 is 10.2 Å². The summed E-state index contributed by atoms with van der Waals surface area (Å²) in [6, 6.07) is 9.71. The topological polar surface area (TPSA) is 92.5 Å². The first-order valence-corrected chi connectivity index (χ1v) is 13.5. The van der Waals surface area contributed by atoms with Gasteiger partial charge < -0.3 is 10.2 Å². The van der Waals surface area contributed by atoms with Crippen molar-refractivity contribution in [3.8, 4) is 0 Å². The lowest BCUT2D eigenvalue weighted by Crippen LogP contribution is -2.34. The van der Waals surface area contributed by atoms with Gasteiger partial charge >= 0.3 is 0 Å². The first kappa shape index (κ1) is 23.2. The van der Waals surface area contributed by atoms with Gasteiger partial charge in [0.25, 0.3) is 0 Å². The number of anilines is 3. The number of nitrogens with one attached hydrogen (secondary N) is 1. The maximum atomic E-state index is 14.6. The molecule has 10 heteroatoms. The first-order chi connectivity index (χ1) is 16.8. The minimum atomic E-state index is -3.48. The van der Waals surface area contributed by atoms with Crippen molar-refractivity contribution in [2.45, 2.75) is 37.0 Å². The zero-order valence-electron chi connectivity index (χ0n) is 19.6. The van der Waals surface area contributed by atoms with Gasteiger partial charge in [-0.2, -0.15) is 5.10 Å². The Bertz CT molecular complexity index is 1460. The summed E-state index contributed by atoms with van der Waals surface area (Å²) < 4.78 is 39.9. The number of rotatable bonds is 6. The van der Waals surface area contributed by atoms with Crippen molar-refractivity contribution in [2.24, 2.45) is 0 Å². The lowest BCUT2D eigenvalue weighted by Gasteiger charge is -2.31. The van der Waals surface area contributed by atoms with E-state index < -0.39 is 15.7 Å². The zero-order valence-corrected chi connectivity index (χ0v) is 20.5. The van der Waals surface area contributed by atoms with Crippen molar-refractivity contribution < 1.29 is 12.8 Å². The van der Waals surface area contributed by atoms with Crippen molar-refractivity contribution >= 4 is 32.7 Å². The number of hydrogen-bond acceptors (Lipinski definition) is 7. The van der Waals surface area contributed by atoms with Crippen LogP contribution in [0.25, 0.3) is 5.52 Å². The molecule has 1 fully saturated rings. The van der Waals surface area contributed by atoms with Gasteiger partial charge in [-0.3, -0.25) is 0 Å². The largest absolute Gasteiger partial charge is 0.351 e. The van der Waals surface area contributed by atoms with Crippen LogP contribution >= 0.6 is 0 Å². The molecule has 1 aromatic carbocycles. The minimum absolute atomic E-state index is 0.0524. The van der Waals surface area contributed by atoms with Gasteiger partial charge in [-0.1, -0.05) is 6.92 Å². The van der Waals surface area contributed by atoms with Crippen LogP contribution in [0.3, 0.4) is 0 Å². The number of piperidine rings is 1. The molecule has 4 aromatic rings. The van der Waals surface area contributed by atoms with Crippen molar-refractivity contribution in [3.05, 3.63) is 72.1 Å². The smallest absolute Gasteiger partial charge is 0.225 e. The second-order valence-electron chi connectivity index (χ2n) is 8.85. The van der Waals surface area contributed by atoms with E-state index >= 15 is 0 Å². The van der Waals surface area contributed by atoms with Crippen LogP contribution in [-0.2, 0) is 16.3 Å². The van der Waals surface area contributed by atoms with E-state index in [0.29, 0.717) is 11.6 Å². The number of fused-ring (bicyclic) bond motifs is 1. The molecule has 0 aliphatic carbocycles. The third-order valence-corrected chi connectivity index (χ3v) is 7.63. The molecular weight excluding hydrogens is 467 g/mol. The molecule has 3 aromatic heterocycles. The molecular formula is C25H27FN6O2S. The molecule has 0 saturated carbocycles. The van der Waals surface area contributed by atoms with Crippen LogP contribution in [0, 0.1) is 5.82 Å². The fraction of sp³-hybridized carbons (Fsp3) is 0.320. The third kappa shape index (κ3) is 4.70. The molecule has 0 atom stereocenters. The Morgan fingerprint density at radius 3 is 2.46 bits per heavy atom. The summed E-state index contributed by atoms with van der Waals surface area (Å²) in [6.07, 6.45) is 9.35. The summed E-state index contributed by atoms with van der Waals surface area (Å²) >= 11 is 0. The molecule has 4 heterocycles. The monoisotopic (exact) mass is 494 g/mol. The van der Waals surface area contributed by atoms with E-state index in [4.69, 9.17) is 0 Å². The van der Waals surface area contributed by atoms with Gasteiger partial charge in [0, 0.05) is 49.5 Å². The van der Waals surface area contributed by atoms with Crippen LogP contribution in [0.15, 0.2) is 59.9 Å². The Morgan fingerprint density at radius 2 is 1.80 bits per heavy atom. The molecule has 1 aliphatic rings. The highest BCUT2D eigenvalue weighted by atomic mass is 32.2. The van der Waals surface area contributed by atoms with Gasteiger partial charge in [0.05, 0.1) is 21.8 Å². The Hall–Kier alpha value is -3.53. The van der Waals surface area contributed by atoms with Crippen LogP contribution in [0.5, 0.6) is 0 Å². The van der Waals surface area contributed by atoms with Gasteiger partial charge in [0.15, 0.2) is 9.84 Å². The maximum absolute atomic E-state index is 14.6. The van der Waals surface area contributed by atoms with E-state index in [-0.39, 0.29) is 10.6 Å². The lowest BCUT2D eigenvalue weighted by molar-refractivity contribution is 0.484. The van der Waals surface area contributed by atoms with Crippen molar-refractivity contribution in [2.75, 3.05) is 29.6 Å². The second kappa shape index (κ2) is 9.26. The predicted molar refractivity (Wildman–Crippen MR) is 134 cm³/mol. The predicted octanol–water partition coefficient (Wildman–Crippen LogP) is 4.36. The van der Waals surface area contributed by atoms with E-state index in [1.54, 1.807) is 12.3 Å². The van der Waals surface area contributed by atoms with Gasteiger partial charge in [-0.05, 0) is 61.2 Å². The first-order valence-electron chi connectivity index (χ1n) is 11.6. The number of benzene rings is 1. The summed E-state index contributed by atoms with van der Waals surface area (Å²) in [7, 11) is -3.48. The normalized spacial score (nSPS) is 15.0. The number of nitrogens with zero attached hydrogens (tertiary/aromatic N) is 5. The molecule has 0 radical (unpaired) electrons. The average Bonchev–Trinajstić information content (AvgIpc) is 3.30. The summed E-state index contributed by atoms with van der Waals surface area (Å²) in [4.78, 5) is 11.2. The van der Waals surface area contributed by atoms with E-state index in [1.165, 1.54) is 12.1 Å². The molecule has 0 amide bonds. The Kier molecular flexibility index (Phi) is 6.14. The molecule has 35 heavy (non-hydrogen) atoms. The molecule has 0 bridgehead atoms.